The van der Waals surface area contributed by atoms with Crippen LogP contribution in [-0.2, 0) is 0 Å². The number of hydrogen-bond donors (Lipinski definition) is 1. The highest BCUT2D eigenvalue weighted by Gasteiger charge is 2.18. The number of aliphatic hydroxyl groups is 1. The van der Waals surface area contributed by atoms with Gasteiger partial charge in [0.15, 0.2) is 3.92 Å². The Bertz CT molecular complexity index is 742. The molecule has 1 N–H and O–H groups in total. The van der Waals surface area contributed by atoms with Crippen LogP contribution in [0, 0.1) is 0 Å². The molecule has 0 aliphatic rings. The molecular formula is C15H12BrNO2S. The van der Waals surface area contributed by atoms with Crippen molar-refractivity contribution in [3.05, 3.63) is 57.5 Å². The Kier molecular flexibility index (Phi) is 3.74. The number of nitrogens with zero attached hydrogens (tertiary/aromatic N) is 1. The Balaban J connectivity index is 2.18. The van der Waals surface area contributed by atoms with E-state index in [1.165, 1.54) is 11.3 Å². The van der Waals surface area contributed by atoms with Gasteiger partial charge in [-0.3, -0.25) is 0 Å². The van der Waals surface area contributed by atoms with Gasteiger partial charge >= 0.3 is 0 Å². The first-order chi connectivity index (χ1) is 9.69. The number of hydrogen-bond acceptors (Lipinski definition) is 4. The Morgan fingerprint density at radius 2 is 2.00 bits per heavy atom. The molecule has 5 heteroatoms. The molecule has 3 rings (SSSR count). The minimum absolute atomic E-state index is 0.720. The van der Waals surface area contributed by atoms with Gasteiger partial charge in [-0.25, -0.2) is 4.98 Å². The van der Waals surface area contributed by atoms with Gasteiger partial charge in [-0.2, -0.15) is 0 Å². The molecule has 1 heterocycles. The summed E-state index contributed by atoms with van der Waals surface area (Å²) in [5.41, 5.74) is 2.40. The Morgan fingerprint density at radius 1 is 1.25 bits per heavy atom. The number of fused-ring (bicyclic) bond motifs is 1. The molecule has 0 radical (unpaired) electrons. The molecule has 2 aromatic carbocycles. The lowest BCUT2D eigenvalue weighted by Crippen LogP contribution is -2.01. The standard InChI is InChI=1S/C15H12BrNO2S/c1-19-10-7-11(13-12(8-10)20-15(16)17-13)14(18)9-5-3-2-4-6-9/h2-8,14,18H,1H3. The van der Waals surface area contributed by atoms with E-state index in [4.69, 9.17) is 4.74 Å². The molecule has 102 valence electrons. The van der Waals surface area contributed by atoms with Crippen LogP contribution in [0.4, 0.5) is 0 Å². The normalized spacial score (nSPS) is 12.6. The summed E-state index contributed by atoms with van der Waals surface area (Å²) in [6.45, 7) is 0. The quantitative estimate of drug-likeness (QED) is 0.772. The van der Waals surface area contributed by atoms with E-state index in [9.17, 15) is 5.11 Å². The first-order valence-corrected chi connectivity index (χ1v) is 7.67. The topological polar surface area (TPSA) is 42.4 Å². The molecule has 1 atom stereocenters. The van der Waals surface area contributed by atoms with Crippen molar-refractivity contribution in [3.63, 3.8) is 0 Å². The molecule has 0 amide bonds. The van der Waals surface area contributed by atoms with Gasteiger partial charge in [-0.15, -0.1) is 11.3 Å². The maximum absolute atomic E-state index is 10.6. The highest BCUT2D eigenvalue weighted by Crippen LogP contribution is 2.36. The van der Waals surface area contributed by atoms with Crippen LogP contribution in [0.15, 0.2) is 46.4 Å². The van der Waals surface area contributed by atoms with Crippen molar-refractivity contribution >= 4 is 37.5 Å². The third-order valence-corrected chi connectivity index (χ3v) is 4.57. The average molecular weight is 350 g/mol. The van der Waals surface area contributed by atoms with E-state index in [1.807, 2.05) is 42.5 Å². The number of halogens is 1. The van der Waals surface area contributed by atoms with Gasteiger partial charge in [-0.05, 0) is 33.6 Å². The second-order valence-electron chi connectivity index (χ2n) is 4.34. The summed E-state index contributed by atoms with van der Waals surface area (Å²) in [5, 5.41) is 10.6. The lowest BCUT2D eigenvalue weighted by molar-refractivity contribution is 0.221. The molecule has 0 aliphatic carbocycles. The van der Waals surface area contributed by atoms with Crippen LogP contribution in [-0.4, -0.2) is 17.2 Å². The Hall–Kier alpha value is -1.43. The van der Waals surface area contributed by atoms with E-state index in [1.54, 1.807) is 7.11 Å². The fraction of sp³-hybridized carbons (Fsp3) is 0.133. The third-order valence-electron chi connectivity index (χ3n) is 3.12. The molecule has 1 unspecified atom stereocenters. The largest absolute Gasteiger partial charge is 0.497 e. The van der Waals surface area contributed by atoms with Crippen LogP contribution in [0.25, 0.3) is 10.2 Å². The van der Waals surface area contributed by atoms with Crippen LogP contribution < -0.4 is 4.74 Å². The summed E-state index contributed by atoms with van der Waals surface area (Å²) in [6.07, 6.45) is -0.720. The van der Waals surface area contributed by atoms with Crippen molar-refractivity contribution in [1.82, 2.24) is 4.98 Å². The maximum atomic E-state index is 10.6. The van der Waals surface area contributed by atoms with E-state index < -0.39 is 6.10 Å². The fourth-order valence-electron chi connectivity index (χ4n) is 2.14. The molecule has 0 spiro atoms. The van der Waals surface area contributed by atoms with Crippen molar-refractivity contribution in [2.45, 2.75) is 6.10 Å². The zero-order chi connectivity index (χ0) is 14.1. The smallest absolute Gasteiger partial charge is 0.160 e. The Labute approximate surface area is 129 Å². The van der Waals surface area contributed by atoms with Gasteiger partial charge in [0.25, 0.3) is 0 Å². The fourth-order valence-corrected chi connectivity index (χ4v) is 3.60. The highest BCUT2D eigenvalue weighted by atomic mass is 79.9. The molecule has 3 aromatic rings. The van der Waals surface area contributed by atoms with Crippen molar-refractivity contribution in [1.29, 1.82) is 0 Å². The zero-order valence-corrected chi connectivity index (χ0v) is 13.1. The van der Waals surface area contributed by atoms with Gasteiger partial charge in [0, 0.05) is 5.56 Å². The van der Waals surface area contributed by atoms with Crippen molar-refractivity contribution < 1.29 is 9.84 Å². The molecule has 0 aliphatic heterocycles. The highest BCUT2D eigenvalue weighted by molar-refractivity contribution is 9.11. The predicted molar refractivity (Wildman–Crippen MR) is 84.4 cm³/mol. The van der Waals surface area contributed by atoms with E-state index in [2.05, 4.69) is 20.9 Å². The number of thiazole rings is 1. The molecule has 1 aromatic heterocycles. The van der Waals surface area contributed by atoms with Crippen LogP contribution in [0.5, 0.6) is 5.75 Å². The molecular weight excluding hydrogens is 338 g/mol. The van der Waals surface area contributed by atoms with Crippen molar-refractivity contribution in [2.75, 3.05) is 7.11 Å². The second-order valence-corrected chi connectivity index (χ2v) is 6.65. The van der Waals surface area contributed by atoms with Gasteiger partial charge in [0.05, 0.1) is 17.3 Å². The molecule has 0 saturated heterocycles. The molecule has 0 bridgehead atoms. The lowest BCUT2D eigenvalue weighted by Gasteiger charge is -2.13. The van der Waals surface area contributed by atoms with Crippen LogP contribution in [0.1, 0.15) is 17.2 Å². The third kappa shape index (κ3) is 2.44. The monoisotopic (exact) mass is 349 g/mol. The first-order valence-electron chi connectivity index (χ1n) is 6.06. The zero-order valence-electron chi connectivity index (χ0n) is 10.7. The number of benzene rings is 2. The van der Waals surface area contributed by atoms with Gasteiger partial charge < -0.3 is 9.84 Å². The minimum Gasteiger partial charge on any atom is -0.497 e. The van der Waals surface area contributed by atoms with Crippen LogP contribution in [0.2, 0.25) is 0 Å². The summed E-state index contributed by atoms with van der Waals surface area (Å²) in [5.74, 6) is 0.721. The van der Waals surface area contributed by atoms with Crippen molar-refractivity contribution in [3.8, 4) is 5.75 Å². The molecule has 0 fully saturated rings. The minimum atomic E-state index is -0.720. The Morgan fingerprint density at radius 3 is 2.70 bits per heavy atom. The number of aliphatic hydroxyl groups excluding tert-OH is 1. The summed E-state index contributed by atoms with van der Waals surface area (Å²) < 4.78 is 7.09. The average Bonchev–Trinajstić information content (AvgIpc) is 2.86. The molecule has 20 heavy (non-hydrogen) atoms. The van der Waals surface area contributed by atoms with Crippen molar-refractivity contribution in [2.24, 2.45) is 0 Å². The van der Waals surface area contributed by atoms with E-state index in [0.29, 0.717) is 0 Å². The SMILES string of the molecule is COc1cc(C(O)c2ccccc2)c2nc(Br)sc2c1. The molecule has 3 nitrogen and oxygen atoms in total. The second kappa shape index (κ2) is 5.52. The number of ether oxygens (including phenoxy) is 1. The maximum Gasteiger partial charge on any atom is 0.160 e. The number of methoxy groups -OCH3 is 1. The van der Waals surface area contributed by atoms with E-state index >= 15 is 0 Å². The van der Waals surface area contributed by atoms with Crippen LogP contribution in [0.3, 0.4) is 0 Å². The number of aromatic nitrogens is 1. The van der Waals surface area contributed by atoms with E-state index in [-0.39, 0.29) is 0 Å². The van der Waals surface area contributed by atoms with Crippen LogP contribution >= 0.6 is 27.3 Å². The summed E-state index contributed by atoms with van der Waals surface area (Å²) in [4.78, 5) is 4.45. The first kappa shape index (κ1) is 13.5. The van der Waals surface area contributed by atoms with Gasteiger partial charge in [0.1, 0.15) is 11.9 Å². The summed E-state index contributed by atoms with van der Waals surface area (Å²) in [6, 6.07) is 13.3. The lowest BCUT2D eigenvalue weighted by atomic mass is 10.0. The van der Waals surface area contributed by atoms with Gasteiger partial charge in [-0.1, -0.05) is 30.3 Å². The summed E-state index contributed by atoms with van der Waals surface area (Å²) >= 11 is 4.92. The number of rotatable bonds is 3. The van der Waals surface area contributed by atoms with Gasteiger partial charge in [0.2, 0.25) is 0 Å². The summed E-state index contributed by atoms with van der Waals surface area (Å²) in [7, 11) is 1.62. The van der Waals surface area contributed by atoms with E-state index in [0.717, 1.165) is 31.0 Å². The molecule has 0 saturated carbocycles. The predicted octanol–water partition coefficient (Wildman–Crippen LogP) is 4.15.